The predicted molar refractivity (Wildman–Crippen MR) is 51.0 cm³/mol. The normalized spacial score (nSPS) is 9.85. The van der Waals surface area contributed by atoms with Crippen LogP contribution in [0.3, 0.4) is 0 Å². The maximum Gasteiger partial charge on any atom is 0.181 e. The molecule has 0 aliphatic heterocycles. The fourth-order valence-electron chi connectivity index (χ4n) is 1.01. The van der Waals surface area contributed by atoms with Gasteiger partial charge < -0.3 is 4.42 Å². The first kappa shape index (κ1) is 9.82. The van der Waals surface area contributed by atoms with Gasteiger partial charge in [0.2, 0.25) is 0 Å². The molecule has 0 bridgehead atoms. The Hall–Kier alpha value is -1.27. The molecule has 0 unspecified atom stereocenters. The highest BCUT2D eigenvalue weighted by Gasteiger charge is 2.05. The van der Waals surface area contributed by atoms with Crippen LogP contribution in [0.25, 0.3) is 0 Å². The number of hydrogen-bond donors (Lipinski definition) is 0. The van der Waals surface area contributed by atoms with Gasteiger partial charge in [0.05, 0.1) is 12.2 Å². The molecule has 13 heavy (non-hydrogen) atoms. The minimum Gasteiger partial charge on any atom is -0.448 e. The van der Waals surface area contributed by atoms with Crippen LogP contribution in [0.5, 0.6) is 0 Å². The average molecular weight is 178 g/mol. The van der Waals surface area contributed by atoms with Crippen molar-refractivity contribution in [2.45, 2.75) is 20.4 Å². The van der Waals surface area contributed by atoms with Crippen molar-refractivity contribution in [3.05, 3.63) is 17.8 Å². The van der Waals surface area contributed by atoms with Crippen LogP contribution in [0.15, 0.2) is 10.8 Å². The summed E-state index contributed by atoms with van der Waals surface area (Å²) in [5, 5.41) is 0. The van der Waals surface area contributed by atoms with Gasteiger partial charge in [0.25, 0.3) is 0 Å². The highest BCUT2D eigenvalue weighted by Crippen LogP contribution is 2.06. The highest BCUT2D eigenvalue weighted by molar-refractivity contribution is 5.05. The molecule has 1 heterocycles. The standard InChI is InChI=1S/C10H14N2O/c1-4-5-6-12(3)7-10-9(2)13-8-11-10/h8H,6-7H2,1-3H3. The number of aryl methyl sites for hydroxylation is 1. The van der Waals surface area contributed by atoms with E-state index in [1.165, 1.54) is 6.39 Å². The third-order valence-corrected chi connectivity index (χ3v) is 1.79. The van der Waals surface area contributed by atoms with Crippen LogP contribution >= 0.6 is 0 Å². The van der Waals surface area contributed by atoms with Gasteiger partial charge in [-0.3, -0.25) is 4.90 Å². The zero-order chi connectivity index (χ0) is 9.68. The molecular weight excluding hydrogens is 164 g/mol. The molecule has 70 valence electrons. The van der Waals surface area contributed by atoms with Crippen molar-refractivity contribution in [2.24, 2.45) is 0 Å². The minimum atomic E-state index is 0.767. The fraction of sp³-hybridized carbons (Fsp3) is 0.500. The lowest BCUT2D eigenvalue weighted by molar-refractivity contribution is 0.361. The number of oxazole rings is 1. The second kappa shape index (κ2) is 4.68. The van der Waals surface area contributed by atoms with E-state index in [-0.39, 0.29) is 0 Å². The molecule has 0 aliphatic rings. The van der Waals surface area contributed by atoms with E-state index in [1.54, 1.807) is 0 Å². The van der Waals surface area contributed by atoms with Crippen LogP contribution in [-0.4, -0.2) is 23.5 Å². The summed E-state index contributed by atoms with van der Waals surface area (Å²) in [6.45, 7) is 5.32. The number of aromatic nitrogens is 1. The molecule has 0 atom stereocenters. The van der Waals surface area contributed by atoms with Crippen molar-refractivity contribution >= 4 is 0 Å². The van der Waals surface area contributed by atoms with E-state index in [0.29, 0.717) is 0 Å². The Morgan fingerprint density at radius 1 is 1.62 bits per heavy atom. The summed E-state index contributed by atoms with van der Waals surface area (Å²) in [4.78, 5) is 6.21. The Morgan fingerprint density at radius 3 is 2.92 bits per heavy atom. The van der Waals surface area contributed by atoms with Crippen molar-refractivity contribution in [2.75, 3.05) is 13.6 Å². The second-order valence-corrected chi connectivity index (χ2v) is 2.95. The van der Waals surface area contributed by atoms with E-state index in [1.807, 2.05) is 20.9 Å². The molecule has 3 heteroatoms. The van der Waals surface area contributed by atoms with Gasteiger partial charge in [-0.15, -0.1) is 5.92 Å². The summed E-state index contributed by atoms with van der Waals surface area (Å²) in [5.74, 6) is 6.74. The molecule has 0 amide bonds. The molecule has 3 nitrogen and oxygen atoms in total. The van der Waals surface area contributed by atoms with Crippen molar-refractivity contribution in [1.82, 2.24) is 9.88 Å². The topological polar surface area (TPSA) is 29.3 Å². The molecule has 0 radical (unpaired) electrons. The summed E-state index contributed by atoms with van der Waals surface area (Å²) < 4.78 is 5.10. The third kappa shape index (κ3) is 2.92. The molecular formula is C10H14N2O. The minimum absolute atomic E-state index is 0.767. The van der Waals surface area contributed by atoms with Crippen LogP contribution < -0.4 is 0 Å². The molecule has 1 rings (SSSR count). The quantitative estimate of drug-likeness (QED) is 0.656. The summed E-state index contributed by atoms with van der Waals surface area (Å²) in [6, 6.07) is 0. The molecule has 0 aliphatic carbocycles. The van der Waals surface area contributed by atoms with E-state index in [9.17, 15) is 0 Å². The van der Waals surface area contributed by atoms with Gasteiger partial charge >= 0.3 is 0 Å². The third-order valence-electron chi connectivity index (χ3n) is 1.79. The summed E-state index contributed by atoms with van der Waals surface area (Å²) >= 11 is 0. The Balaban J connectivity index is 2.48. The Bertz CT molecular complexity index is 319. The molecule has 1 aromatic heterocycles. The van der Waals surface area contributed by atoms with E-state index in [2.05, 4.69) is 21.7 Å². The molecule has 1 aromatic rings. The van der Waals surface area contributed by atoms with Crippen molar-refractivity contribution in [3.63, 3.8) is 0 Å². The van der Waals surface area contributed by atoms with Crippen LogP contribution in [0.1, 0.15) is 18.4 Å². The SMILES string of the molecule is CC#CCN(C)Cc1ncoc1C. The first-order valence-electron chi connectivity index (χ1n) is 4.21. The predicted octanol–water partition coefficient (Wildman–Crippen LogP) is 1.44. The van der Waals surface area contributed by atoms with Crippen molar-refractivity contribution < 1.29 is 4.42 Å². The molecule has 0 saturated carbocycles. The number of nitrogens with zero attached hydrogens (tertiary/aromatic N) is 2. The lowest BCUT2D eigenvalue weighted by atomic mass is 10.3. The Kier molecular flexibility index (Phi) is 3.53. The van der Waals surface area contributed by atoms with Gasteiger partial charge in [0.1, 0.15) is 5.76 Å². The number of hydrogen-bond acceptors (Lipinski definition) is 3. The van der Waals surface area contributed by atoms with Crippen LogP contribution in [0, 0.1) is 18.8 Å². The van der Waals surface area contributed by atoms with Gasteiger partial charge in [0, 0.05) is 6.54 Å². The van der Waals surface area contributed by atoms with E-state index in [0.717, 1.165) is 24.5 Å². The maximum absolute atomic E-state index is 5.10. The molecule has 0 aromatic carbocycles. The van der Waals surface area contributed by atoms with Gasteiger partial charge in [-0.05, 0) is 20.9 Å². The van der Waals surface area contributed by atoms with Crippen LogP contribution in [-0.2, 0) is 6.54 Å². The van der Waals surface area contributed by atoms with Crippen molar-refractivity contribution in [3.8, 4) is 11.8 Å². The highest BCUT2D eigenvalue weighted by atomic mass is 16.3. The second-order valence-electron chi connectivity index (χ2n) is 2.95. The van der Waals surface area contributed by atoms with Crippen molar-refractivity contribution in [1.29, 1.82) is 0 Å². The van der Waals surface area contributed by atoms with E-state index >= 15 is 0 Å². The van der Waals surface area contributed by atoms with E-state index < -0.39 is 0 Å². The lowest BCUT2D eigenvalue weighted by Crippen LogP contribution is -2.18. The monoisotopic (exact) mass is 178 g/mol. The summed E-state index contributed by atoms with van der Waals surface area (Å²) in [7, 11) is 2.01. The average Bonchev–Trinajstić information content (AvgIpc) is 2.48. The first-order chi connectivity index (χ1) is 6.24. The molecule has 0 saturated heterocycles. The lowest BCUT2D eigenvalue weighted by Gasteiger charge is -2.10. The summed E-state index contributed by atoms with van der Waals surface area (Å²) in [5.41, 5.74) is 0.986. The van der Waals surface area contributed by atoms with E-state index in [4.69, 9.17) is 4.42 Å². The molecule has 0 fully saturated rings. The largest absolute Gasteiger partial charge is 0.448 e. The summed E-state index contributed by atoms with van der Waals surface area (Å²) in [6.07, 6.45) is 1.48. The maximum atomic E-state index is 5.10. The smallest absolute Gasteiger partial charge is 0.181 e. The van der Waals surface area contributed by atoms with Gasteiger partial charge in [-0.1, -0.05) is 5.92 Å². The zero-order valence-electron chi connectivity index (χ0n) is 8.29. The van der Waals surface area contributed by atoms with Gasteiger partial charge in [0.15, 0.2) is 6.39 Å². The fourth-order valence-corrected chi connectivity index (χ4v) is 1.01. The Labute approximate surface area is 78.8 Å². The molecule has 0 spiro atoms. The zero-order valence-corrected chi connectivity index (χ0v) is 8.29. The van der Waals surface area contributed by atoms with Gasteiger partial charge in [-0.2, -0.15) is 0 Å². The van der Waals surface area contributed by atoms with Crippen LogP contribution in [0.4, 0.5) is 0 Å². The Morgan fingerprint density at radius 2 is 2.38 bits per heavy atom. The first-order valence-corrected chi connectivity index (χ1v) is 4.21. The van der Waals surface area contributed by atoms with Crippen LogP contribution in [0.2, 0.25) is 0 Å². The number of rotatable bonds is 3. The van der Waals surface area contributed by atoms with Gasteiger partial charge in [-0.25, -0.2) is 4.98 Å². The molecule has 0 N–H and O–H groups in total.